The summed E-state index contributed by atoms with van der Waals surface area (Å²) in [7, 11) is 0. The van der Waals surface area contributed by atoms with Crippen LogP contribution in [-0.2, 0) is 31.9 Å². The van der Waals surface area contributed by atoms with Gasteiger partial charge in [0.15, 0.2) is 0 Å². The standard InChI is InChI=1S/C56H44N2OSe2.Pt/c1-55(2,3)44-20-16-36(17-21-44)49-33-39-24-26-57-51(53(39)60-49)42-29-41(35-12-8-7-9-13-35)30-46(31-42)59-48-32-43(28-38-14-10-11-15-47(38)48)52-54-40(25-27-58-52)34-50(61-54)37-18-22-45(23-19-37)56(4,5)6;/h7-30,33-34H,1-6H3;/q-2;+2/i33D,34D;. The molecule has 10 rings (SSSR count). The zero-order valence-electron chi connectivity index (χ0n) is 37.3. The van der Waals surface area contributed by atoms with Gasteiger partial charge in [-0.1, -0.05) is 0 Å². The van der Waals surface area contributed by atoms with E-state index in [0.717, 1.165) is 83.7 Å². The minimum atomic E-state index is -0.150. The first-order valence-corrected chi connectivity index (χ1v) is 24.0. The van der Waals surface area contributed by atoms with Gasteiger partial charge in [0.1, 0.15) is 0 Å². The van der Waals surface area contributed by atoms with Crippen LogP contribution < -0.4 is 4.74 Å². The van der Waals surface area contributed by atoms with Crippen molar-refractivity contribution >= 4 is 59.1 Å². The van der Waals surface area contributed by atoms with Crippen LogP contribution in [0.25, 0.3) is 83.7 Å². The summed E-state index contributed by atoms with van der Waals surface area (Å²) in [6.45, 7) is 13.3. The minimum Gasteiger partial charge on any atom is 2.00 e. The molecule has 4 heterocycles. The van der Waals surface area contributed by atoms with Crippen LogP contribution in [0.1, 0.15) is 55.4 Å². The van der Waals surface area contributed by atoms with E-state index >= 15 is 0 Å². The zero-order valence-corrected chi connectivity index (χ0v) is 41.0. The number of benzene rings is 6. The first kappa shape index (κ1) is 39.7. The van der Waals surface area contributed by atoms with Crippen molar-refractivity contribution in [2.75, 3.05) is 0 Å². The molecule has 0 N–H and O–H groups in total. The summed E-state index contributed by atoms with van der Waals surface area (Å²) in [6, 6.07) is 54.7. The molecule has 0 aliphatic carbocycles. The molecule has 3 nitrogen and oxygen atoms in total. The number of pyridine rings is 2. The Morgan fingerprint density at radius 1 is 0.516 bits per heavy atom. The Morgan fingerprint density at radius 2 is 1.03 bits per heavy atom. The van der Waals surface area contributed by atoms with E-state index in [1.54, 1.807) is 0 Å². The predicted octanol–water partition coefficient (Wildman–Crippen LogP) is 14.4. The molecule has 4 aromatic heterocycles. The molecule has 0 fully saturated rings. The molecule has 0 aliphatic heterocycles. The Kier molecular flexibility index (Phi) is 10.8. The van der Waals surface area contributed by atoms with Crippen molar-refractivity contribution in [3.05, 3.63) is 181 Å². The van der Waals surface area contributed by atoms with Crippen molar-refractivity contribution in [3.8, 4) is 65.1 Å². The Morgan fingerprint density at radius 3 is 1.58 bits per heavy atom. The fraction of sp³-hybridized carbons (Fsp3) is 0.143. The Balaban J connectivity index is 0.00000518. The summed E-state index contributed by atoms with van der Waals surface area (Å²) >= 11 is -0.288. The van der Waals surface area contributed by atoms with Crippen molar-refractivity contribution < 1.29 is 28.5 Å². The van der Waals surface area contributed by atoms with Crippen LogP contribution >= 0.6 is 0 Å². The third-order valence-electron chi connectivity index (χ3n) is 11.2. The summed E-state index contributed by atoms with van der Waals surface area (Å²) in [5, 5.41) is 3.77. The maximum Gasteiger partial charge on any atom is 2.00 e. The normalized spacial score (nSPS) is 12.4. The summed E-state index contributed by atoms with van der Waals surface area (Å²) in [5.74, 6) is 1.11. The quantitative estimate of drug-likeness (QED) is 0.118. The number of nitrogens with zero attached hydrogens (tertiary/aromatic N) is 2. The molecule has 0 unspecified atom stereocenters. The Bertz CT molecular complexity index is 3350. The maximum absolute atomic E-state index is 9.33. The number of ether oxygens (including phenoxy) is 1. The fourth-order valence-electron chi connectivity index (χ4n) is 7.74. The smallest absolute Gasteiger partial charge is 2.00 e. The first-order chi connectivity index (χ1) is 30.3. The van der Waals surface area contributed by atoms with Crippen molar-refractivity contribution in [1.29, 1.82) is 0 Å². The molecule has 0 amide bonds. The van der Waals surface area contributed by atoms with Gasteiger partial charge < -0.3 is 0 Å². The molecule has 6 heteroatoms. The van der Waals surface area contributed by atoms with Gasteiger partial charge in [-0.15, -0.1) is 0 Å². The fourth-order valence-corrected chi connectivity index (χ4v) is 12.4. The molecular weight excluding hydrogens is 1070 g/mol. The third kappa shape index (κ3) is 8.38. The van der Waals surface area contributed by atoms with Gasteiger partial charge in [0.2, 0.25) is 0 Å². The van der Waals surface area contributed by atoms with Crippen molar-refractivity contribution in [2.45, 2.75) is 52.4 Å². The van der Waals surface area contributed by atoms with E-state index in [-0.39, 0.29) is 60.9 Å². The molecule has 62 heavy (non-hydrogen) atoms. The Hall–Kier alpha value is -5.11. The van der Waals surface area contributed by atoms with Crippen LogP contribution in [0.2, 0.25) is 0 Å². The summed E-state index contributed by atoms with van der Waals surface area (Å²) in [6.07, 6.45) is 3.63. The van der Waals surface area contributed by atoms with Gasteiger partial charge in [-0.25, -0.2) is 0 Å². The predicted molar refractivity (Wildman–Crippen MR) is 257 cm³/mol. The Labute approximate surface area is 393 Å². The number of hydrogen-bond donors (Lipinski definition) is 0. The molecule has 0 aliphatic rings. The van der Waals surface area contributed by atoms with Crippen molar-refractivity contribution in [2.24, 2.45) is 0 Å². The molecule has 0 spiro atoms. The van der Waals surface area contributed by atoms with E-state index in [1.807, 2.05) is 60.9 Å². The molecule has 0 atom stereocenters. The third-order valence-corrected chi connectivity index (χ3v) is 16.0. The number of hydrogen-bond acceptors (Lipinski definition) is 3. The number of fused-ring (bicyclic) bond motifs is 3. The second-order valence-electron chi connectivity index (χ2n) is 17.6. The van der Waals surface area contributed by atoms with Crippen LogP contribution in [0.15, 0.2) is 158 Å². The molecule has 0 radical (unpaired) electrons. The van der Waals surface area contributed by atoms with Crippen molar-refractivity contribution in [1.82, 2.24) is 9.97 Å². The van der Waals surface area contributed by atoms with Crippen LogP contribution in [0.5, 0.6) is 11.5 Å². The van der Waals surface area contributed by atoms with E-state index in [4.69, 9.17) is 14.7 Å². The van der Waals surface area contributed by atoms with E-state index < -0.39 is 0 Å². The monoisotopic (exact) mass is 1120 g/mol. The van der Waals surface area contributed by atoms with Gasteiger partial charge in [-0.05, 0) is 0 Å². The van der Waals surface area contributed by atoms with E-state index in [2.05, 4.69) is 139 Å². The van der Waals surface area contributed by atoms with Crippen LogP contribution in [-0.4, -0.2) is 39.0 Å². The molecule has 6 aromatic carbocycles. The van der Waals surface area contributed by atoms with E-state index in [1.165, 1.54) is 11.1 Å². The molecule has 0 bridgehead atoms. The molecule has 0 saturated carbocycles. The van der Waals surface area contributed by atoms with Gasteiger partial charge in [0.05, 0.1) is 0 Å². The first-order valence-electron chi connectivity index (χ1n) is 21.5. The van der Waals surface area contributed by atoms with Crippen LogP contribution in [0.3, 0.4) is 0 Å². The van der Waals surface area contributed by atoms with Gasteiger partial charge in [0, 0.05) is 0 Å². The molecule has 10 aromatic rings. The zero-order chi connectivity index (χ0) is 43.6. The van der Waals surface area contributed by atoms with Gasteiger partial charge in [-0.2, -0.15) is 0 Å². The average Bonchev–Trinajstić information content (AvgIpc) is 3.82. The van der Waals surface area contributed by atoms with Crippen molar-refractivity contribution in [3.63, 3.8) is 0 Å². The largest absolute Gasteiger partial charge is 2.00 e. The summed E-state index contributed by atoms with van der Waals surface area (Å²) in [4.78, 5) is 9.94. The average molecular weight is 1120 g/mol. The SMILES string of the molecule is [2H]c1c(-c2ccc(C(C)(C)C)cc2)[se]c2c(-c3[c-]c(Oc4[c-]c(-c5nccc6c([2H])c(-c7ccc(C(C)(C)C)cc7)[se]c56)cc5ccccc45)cc(-c4ccccc4)c3)nccc12.[Pt+2]. The van der Waals surface area contributed by atoms with Gasteiger partial charge in [0.25, 0.3) is 0 Å². The summed E-state index contributed by atoms with van der Waals surface area (Å²) in [5.41, 5.74) is 10.1. The molecular formula is C56H44N2OPtSe2. The van der Waals surface area contributed by atoms with Crippen LogP contribution in [0, 0.1) is 12.1 Å². The second-order valence-corrected chi connectivity index (χ2v) is 21.8. The van der Waals surface area contributed by atoms with Gasteiger partial charge in [-0.3, -0.25) is 0 Å². The summed E-state index contributed by atoms with van der Waals surface area (Å²) < 4.78 is 29.9. The molecule has 306 valence electrons. The second kappa shape index (κ2) is 16.9. The molecule has 0 saturated heterocycles. The topological polar surface area (TPSA) is 35.0 Å². The van der Waals surface area contributed by atoms with Crippen LogP contribution in [0.4, 0.5) is 0 Å². The maximum atomic E-state index is 9.33. The number of aromatic nitrogens is 2. The van der Waals surface area contributed by atoms with Gasteiger partial charge >= 0.3 is 396 Å². The minimum absolute atomic E-state index is 0. The number of rotatable bonds is 7. The van der Waals surface area contributed by atoms with E-state index in [9.17, 15) is 2.74 Å². The van der Waals surface area contributed by atoms with E-state index in [0.29, 0.717) is 23.6 Å².